The van der Waals surface area contributed by atoms with Crippen molar-refractivity contribution in [2.24, 2.45) is 0 Å². The van der Waals surface area contributed by atoms with Gasteiger partial charge in [-0.05, 0) is 41.3 Å². The number of thiophene rings is 1. The van der Waals surface area contributed by atoms with Crippen LogP contribution in [0.1, 0.15) is 22.2 Å². The minimum Gasteiger partial charge on any atom is -0.467 e. The van der Waals surface area contributed by atoms with Crippen LogP contribution in [-0.2, 0) is 11.3 Å². The number of carbonyl (C=O) groups excluding carboxylic acids is 1. The highest BCUT2D eigenvalue weighted by Gasteiger charge is 2.19. The fourth-order valence-electron chi connectivity index (χ4n) is 2.80. The minimum absolute atomic E-state index is 0.148. The number of halogens is 1. The quantitative estimate of drug-likeness (QED) is 0.428. The highest BCUT2D eigenvalue weighted by atomic mass is 32.2. The van der Waals surface area contributed by atoms with Gasteiger partial charge in [-0.25, -0.2) is 4.39 Å². The molecule has 1 atom stereocenters. The van der Waals surface area contributed by atoms with Crippen LogP contribution >= 0.6 is 23.1 Å². The smallest absolute Gasteiger partial charge is 0.231 e. The average molecular weight is 429 g/mol. The Morgan fingerprint density at radius 2 is 2.10 bits per heavy atom. The van der Waals surface area contributed by atoms with Crippen LogP contribution in [-0.4, -0.2) is 26.4 Å². The van der Waals surface area contributed by atoms with E-state index in [1.165, 1.54) is 23.9 Å². The van der Waals surface area contributed by atoms with E-state index >= 15 is 0 Å². The number of rotatable bonds is 8. The number of nitrogens with zero attached hydrogens (tertiary/aromatic N) is 3. The lowest BCUT2D eigenvalue weighted by atomic mass is 10.1. The zero-order valence-electron chi connectivity index (χ0n) is 15.2. The van der Waals surface area contributed by atoms with Crippen LogP contribution in [0.4, 0.5) is 4.39 Å². The molecule has 0 spiro atoms. The third-order valence-corrected chi connectivity index (χ3v) is 6.07. The number of thioether (sulfide) groups is 1. The summed E-state index contributed by atoms with van der Waals surface area (Å²) in [6, 6.07) is 13.4. The molecule has 4 rings (SSSR count). The third-order valence-electron chi connectivity index (χ3n) is 4.16. The molecule has 0 aliphatic carbocycles. The fourth-order valence-corrected chi connectivity index (χ4v) is 4.33. The van der Waals surface area contributed by atoms with E-state index in [-0.39, 0.29) is 23.5 Å². The van der Waals surface area contributed by atoms with Gasteiger partial charge in [-0.3, -0.25) is 4.79 Å². The van der Waals surface area contributed by atoms with Crippen LogP contribution in [0.2, 0.25) is 0 Å². The van der Waals surface area contributed by atoms with Gasteiger partial charge in [0.15, 0.2) is 5.16 Å². The van der Waals surface area contributed by atoms with Crippen molar-refractivity contribution in [3.8, 4) is 0 Å². The van der Waals surface area contributed by atoms with Crippen LogP contribution in [0, 0.1) is 5.82 Å². The normalized spacial score (nSPS) is 12.0. The summed E-state index contributed by atoms with van der Waals surface area (Å²) < 4.78 is 20.5. The second-order valence-electron chi connectivity index (χ2n) is 6.18. The summed E-state index contributed by atoms with van der Waals surface area (Å²) >= 11 is 2.84. The maximum absolute atomic E-state index is 13.3. The maximum Gasteiger partial charge on any atom is 0.231 e. The molecule has 0 bridgehead atoms. The second kappa shape index (κ2) is 9.06. The molecule has 0 radical (unpaired) electrons. The number of nitrogens with one attached hydrogen (secondary N) is 1. The Morgan fingerprint density at radius 1 is 1.24 bits per heavy atom. The molecular weight excluding hydrogens is 411 g/mol. The largest absolute Gasteiger partial charge is 0.467 e. The first-order chi connectivity index (χ1) is 14.2. The zero-order chi connectivity index (χ0) is 20.1. The summed E-state index contributed by atoms with van der Waals surface area (Å²) in [5.74, 6) is 0.506. The van der Waals surface area contributed by atoms with Gasteiger partial charge in [-0.15, -0.1) is 21.5 Å². The van der Waals surface area contributed by atoms with E-state index in [4.69, 9.17) is 4.42 Å². The molecule has 0 aliphatic rings. The van der Waals surface area contributed by atoms with Crippen molar-refractivity contribution in [3.05, 3.63) is 88.5 Å². The first-order valence-corrected chi connectivity index (χ1v) is 10.7. The monoisotopic (exact) mass is 428 g/mol. The standard InChI is InChI=1S/C20H17FN4O2S2/c21-15-7-5-14(6-8-15)19(17-4-2-10-28-17)23-18(26)12-29-20-24-22-13-25(20)11-16-3-1-9-27-16/h1-10,13,19H,11-12H2,(H,23,26). The van der Waals surface area contributed by atoms with Gasteiger partial charge in [-0.2, -0.15) is 0 Å². The SMILES string of the molecule is O=C(CSc1nncn1Cc1ccco1)NC(c1ccc(F)cc1)c1cccs1. The summed E-state index contributed by atoms with van der Waals surface area (Å²) in [5.41, 5.74) is 0.827. The second-order valence-corrected chi connectivity index (χ2v) is 8.10. The minimum atomic E-state index is -0.329. The van der Waals surface area contributed by atoms with Crippen LogP contribution in [0.25, 0.3) is 0 Å². The molecule has 9 heteroatoms. The Balaban J connectivity index is 1.41. The molecule has 1 amide bonds. The molecule has 6 nitrogen and oxygen atoms in total. The van der Waals surface area contributed by atoms with Gasteiger partial charge >= 0.3 is 0 Å². The molecule has 148 valence electrons. The zero-order valence-corrected chi connectivity index (χ0v) is 16.8. The summed E-state index contributed by atoms with van der Waals surface area (Å²) in [6.07, 6.45) is 3.22. The first-order valence-electron chi connectivity index (χ1n) is 8.80. The van der Waals surface area contributed by atoms with Gasteiger partial charge in [0.25, 0.3) is 0 Å². The van der Waals surface area contributed by atoms with Gasteiger partial charge in [0.05, 0.1) is 24.6 Å². The van der Waals surface area contributed by atoms with Crippen molar-refractivity contribution < 1.29 is 13.6 Å². The highest BCUT2D eigenvalue weighted by Crippen LogP contribution is 2.27. The van der Waals surface area contributed by atoms with Crippen LogP contribution in [0.15, 0.2) is 76.1 Å². The molecule has 0 saturated carbocycles. The van der Waals surface area contributed by atoms with Gasteiger partial charge in [0.2, 0.25) is 5.91 Å². The van der Waals surface area contributed by atoms with Crippen molar-refractivity contribution in [1.82, 2.24) is 20.1 Å². The van der Waals surface area contributed by atoms with Gasteiger partial charge in [-0.1, -0.05) is 30.0 Å². The molecule has 1 aromatic carbocycles. The Hall–Kier alpha value is -2.91. The van der Waals surface area contributed by atoms with Crippen molar-refractivity contribution in [1.29, 1.82) is 0 Å². The predicted molar refractivity (Wildman–Crippen MR) is 109 cm³/mol. The van der Waals surface area contributed by atoms with E-state index in [0.29, 0.717) is 11.7 Å². The summed E-state index contributed by atoms with van der Waals surface area (Å²) in [4.78, 5) is 13.6. The number of benzene rings is 1. The number of amides is 1. The highest BCUT2D eigenvalue weighted by molar-refractivity contribution is 7.99. The van der Waals surface area contributed by atoms with Crippen molar-refractivity contribution >= 4 is 29.0 Å². The number of hydrogen-bond acceptors (Lipinski definition) is 6. The van der Waals surface area contributed by atoms with Crippen molar-refractivity contribution in [2.45, 2.75) is 17.7 Å². The molecule has 1 unspecified atom stereocenters. The molecule has 29 heavy (non-hydrogen) atoms. The van der Waals surface area contributed by atoms with Crippen LogP contribution in [0.5, 0.6) is 0 Å². The summed E-state index contributed by atoms with van der Waals surface area (Å²) in [6.45, 7) is 0.497. The van der Waals surface area contributed by atoms with Crippen LogP contribution in [0.3, 0.4) is 0 Å². The van der Waals surface area contributed by atoms with E-state index in [0.717, 1.165) is 16.2 Å². The van der Waals surface area contributed by atoms with E-state index < -0.39 is 0 Å². The number of hydrogen-bond donors (Lipinski definition) is 1. The lowest BCUT2D eigenvalue weighted by Crippen LogP contribution is -2.30. The summed E-state index contributed by atoms with van der Waals surface area (Å²) in [5, 5.41) is 13.6. The van der Waals surface area contributed by atoms with E-state index in [9.17, 15) is 9.18 Å². The number of carbonyl (C=O) groups is 1. The molecule has 0 fully saturated rings. The lowest BCUT2D eigenvalue weighted by molar-refractivity contribution is -0.119. The molecule has 0 saturated heterocycles. The fraction of sp³-hybridized carbons (Fsp3) is 0.150. The molecule has 3 aromatic heterocycles. The Kier molecular flexibility index (Phi) is 6.06. The van der Waals surface area contributed by atoms with Crippen molar-refractivity contribution in [3.63, 3.8) is 0 Å². The Bertz CT molecular complexity index is 1050. The summed E-state index contributed by atoms with van der Waals surface area (Å²) in [7, 11) is 0. The maximum atomic E-state index is 13.3. The molecular formula is C20H17FN4O2S2. The topological polar surface area (TPSA) is 73.0 Å². The van der Waals surface area contributed by atoms with E-state index in [1.54, 1.807) is 36.1 Å². The Labute approximate surface area is 174 Å². The lowest BCUT2D eigenvalue weighted by Gasteiger charge is -2.18. The third kappa shape index (κ3) is 4.93. The Morgan fingerprint density at radius 3 is 2.83 bits per heavy atom. The van der Waals surface area contributed by atoms with Crippen molar-refractivity contribution in [2.75, 3.05) is 5.75 Å². The number of furan rings is 1. The average Bonchev–Trinajstić information content (AvgIpc) is 3.49. The predicted octanol–water partition coefficient (Wildman–Crippen LogP) is 4.12. The molecule has 0 aliphatic heterocycles. The van der Waals surface area contributed by atoms with Gasteiger partial charge in [0.1, 0.15) is 17.9 Å². The molecule has 4 aromatic rings. The van der Waals surface area contributed by atoms with E-state index in [2.05, 4.69) is 15.5 Å². The molecule has 1 N–H and O–H groups in total. The number of aromatic nitrogens is 3. The van der Waals surface area contributed by atoms with E-state index in [1.807, 2.05) is 34.2 Å². The van der Waals surface area contributed by atoms with Crippen LogP contribution < -0.4 is 5.32 Å². The molecule has 3 heterocycles. The van der Waals surface area contributed by atoms with Gasteiger partial charge < -0.3 is 14.3 Å². The first kappa shape index (κ1) is 19.4. The van der Waals surface area contributed by atoms with Gasteiger partial charge in [0, 0.05) is 4.88 Å².